The lowest BCUT2D eigenvalue weighted by Gasteiger charge is -2.29. The zero-order valence-electron chi connectivity index (χ0n) is 16.6. The minimum atomic E-state index is -1.07. The first kappa shape index (κ1) is 20.7. The number of benzene rings is 2. The standard InChI is InChI=1S/C23H27NO5/c1-2-28-21-14-18(10-13-20(21)29-15-22(25)26)23(27)24-19-11-8-17(9-12-19)16-6-4-3-5-7-16/h3-7,10,13-14,17,19H,2,8-9,11-12,15H2,1H3,(H,24,27)(H,25,26). The van der Waals surface area contributed by atoms with Gasteiger partial charge in [-0.3, -0.25) is 4.79 Å². The molecule has 2 N–H and O–H groups in total. The molecular weight excluding hydrogens is 370 g/mol. The van der Waals surface area contributed by atoms with E-state index in [-0.39, 0.29) is 11.9 Å². The molecule has 1 aliphatic rings. The van der Waals surface area contributed by atoms with Gasteiger partial charge in [0, 0.05) is 11.6 Å². The van der Waals surface area contributed by atoms with Gasteiger partial charge in [0.1, 0.15) is 0 Å². The highest BCUT2D eigenvalue weighted by atomic mass is 16.5. The van der Waals surface area contributed by atoms with Crippen LogP contribution in [0.15, 0.2) is 48.5 Å². The van der Waals surface area contributed by atoms with Crippen molar-refractivity contribution in [3.05, 3.63) is 59.7 Å². The summed E-state index contributed by atoms with van der Waals surface area (Å²) in [5.41, 5.74) is 1.84. The van der Waals surface area contributed by atoms with Gasteiger partial charge in [-0.05, 0) is 62.3 Å². The van der Waals surface area contributed by atoms with Crippen molar-refractivity contribution in [1.82, 2.24) is 5.32 Å². The molecule has 29 heavy (non-hydrogen) atoms. The van der Waals surface area contributed by atoms with Crippen molar-refractivity contribution in [2.45, 2.75) is 44.6 Å². The molecule has 0 saturated heterocycles. The Hall–Kier alpha value is -3.02. The molecule has 6 nitrogen and oxygen atoms in total. The van der Waals surface area contributed by atoms with Crippen molar-refractivity contribution in [3.63, 3.8) is 0 Å². The van der Waals surface area contributed by atoms with Crippen LogP contribution in [0.1, 0.15) is 54.4 Å². The van der Waals surface area contributed by atoms with E-state index in [1.54, 1.807) is 18.2 Å². The van der Waals surface area contributed by atoms with Crippen LogP contribution in [0, 0.1) is 0 Å². The Kier molecular flexibility index (Phi) is 7.11. The Morgan fingerprint density at radius 1 is 1.00 bits per heavy atom. The van der Waals surface area contributed by atoms with Gasteiger partial charge in [0.05, 0.1) is 6.61 Å². The minimum Gasteiger partial charge on any atom is -0.490 e. The van der Waals surface area contributed by atoms with E-state index in [1.165, 1.54) is 5.56 Å². The maximum absolute atomic E-state index is 12.7. The fourth-order valence-electron chi connectivity index (χ4n) is 3.74. The molecule has 2 aromatic rings. The first-order valence-electron chi connectivity index (χ1n) is 10.0. The third kappa shape index (κ3) is 5.73. The number of rotatable bonds is 8. The highest BCUT2D eigenvalue weighted by Crippen LogP contribution is 2.33. The molecule has 2 aromatic carbocycles. The summed E-state index contributed by atoms with van der Waals surface area (Å²) in [5, 5.41) is 11.9. The van der Waals surface area contributed by atoms with Crippen LogP contribution < -0.4 is 14.8 Å². The van der Waals surface area contributed by atoms with Crippen LogP contribution in [0.2, 0.25) is 0 Å². The van der Waals surface area contributed by atoms with Gasteiger partial charge in [-0.2, -0.15) is 0 Å². The third-order valence-electron chi connectivity index (χ3n) is 5.19. The molecule has 0 atom stereocenters. The number of nitrogens with one attached hydrogen (secondary N) is 1. The molecule has 0 aromatic heterocycles. The molecule has 154 valence electrons. The fraction of sp³-hybridized carbons (Fsp3) is 0.391. The number of hydrogen-bond donors (Lipinski definition) is 2. The molecule has 0 radical (unpaired) electrons. The van der Waals surface area contributed by atoms with Gasteiger partial charge in [-0.1, -0.05) is 30.3 Å². The van der Waals surface area contributed by atoms with E-state index in [2.05, 4.69) is 29.6 Å². The number of carboxylic acids is 1. The van der Waals surface area contributed by atoms with Crippen molar-refractivity contribution < 1.29 is 24.2 Å². The number of aliphatic carboxylic acids is 1. The Morgan fingerprint density at radius 3 is 2.38 bits per heavy atom. The lowest BCUT2D eigenvalue weighted by molar-refractivity contribution is -0.139. The second kappa shape index (κ2) is 9.96. The van der Waals surface area contributed by atoms with Gasteiger partial charge in [0.15, 0.2) is 18.1 Å². The van der Waals surface area contributed by atoms with Crippen molar-refractivity contribution in [2.24, 2.45) is 0 Å². The summed E-state index contributed by atoms with van der Waals surface area (Å²) < 4.78 is 10.7. The Labute approximate surface area is 170 Å². The van der Waals surface area contributed by atoms with E-state index in [0.29, 0.717) is 29.6 Å². The fourth-order valence-corrected chi connectivity index (χ4v) is 3.74. The predicted octanol–water partition coefficient (Wildman–Crippen LogP) is 4.00. The number of carbonyl (C=O) groups excluding carboxylic acids is 1. The average molecular weight is 397 g/mol. The quantitative estimate of drug-likeness (QED) is 0.703. The summed E-state index contributed by atoms with van der Waals surface area (Å²) >= 11 is 0. The van der Waals surface area contributed by atoms with Crippen LogP contribution in [-0.2, 0) is 4.79 Å². The van der Waals surface area contributed by atoms with Crippen LogP contribution in [0.3, 0.4) is 0 Å². The van der Waals surface area contributed by atoms with Gasteiger partial charge in [-0.25, -0.2) is 4.79 Å². The SMILES string of the molecule is CCOc1cc(C(=O)NC2CCC(c3ccccc3)CC2)ccc1OCC(=O)O. The Bertz CT molecular complexity index is 828. The van der Waals surface area contributed by atoms with Crippen LogP contribution in [0.25, 0.3) is 0 Å². The molecule has 1 saturated carbocycles. The van der Waals surface area contributed by atoms with Gasteiger partial charge in [0.25, 0.3) is 5.91 Å². The summed E-state index contributed by atoms with van der Waals surface area (Å²) in [5.74, 6) is 0.0159. The van der Waals surface area contributed by atoms with Crippen molar-refractivity contribution >= 4 is 11.9 Å². The van der Waals surface area contributed by atoms with Crippen LogP contribution >= 0.6 is 0 Å². The second-order valence-corrected chi connectivity index (χ2v) is 7.21. The lowest BCUT2D eigenvalue weighted by atomic mass is 9.82. The Balaban J connectivity index is 1.59. The number of ether oxygens (including phenoxy) is 2. The van der Waals surface area contributed by atoms with E-state index < -0.39 is 12.6 Å². The highest BCUT2D eigenvalue weighted by Gasteiger charge is 2.24. The maximum atomic E-state index is 12.7. The second-order valence-electron chi connectivity index (χ2n) is 7.21. The monoisotopic (exact) mass is 397 g/mol. The predicted molar refractivity (Wildman–Crippen MR) is 110 cm³/mol. The molecule has 1 amide bonds. The van der Waals surface area contributed by atoms with E-state index in [4.69, 9.17) is 14.6 Å². The number of carbonyl (C=O) groups is 2. The summed E-state index contributed by atoms with van der Waals surface area (Å²) in [7, 11) is 0. The molecule has 0 aliphatic heterocycles. The molecule has 1 aliphatic carbocycles. The molecule has 0 spiro atoms. The van der Waals surface area contributed by atoms with Crippen LogP contribution in [-0.4, -0.2) is 36.2 Å². The molecular formula is C23H27NO5. The molecule has 0 bridgehead atoms. The largest absolute Gasteiger partial charge is 0.490 e. The molecule has 6 heteroatoms. The highest BCUT2D eigenvalue weighted by molar-refractivity contribution is 5.95. The number of amides is 1. The van der Waals surface area contributed by atoms with Gasteiger partial charge in [0.2, 0.25) is 0 Å². The van der Waals surface area contributed by atoms with Gasteiger partial charge >= 0.3 is 5.97 Å². The Morgan fingerprint density at radius 2 is 1.72 bits per heavy atom. The summed E-state index contributed by atoms with van der Waals surface area (Å²) in [4.78, 5) is 23.4. The van der Waals surface area contributed by atoms with Crippen molar-refractivity contribution in [1.29, 1.82) is 0 Å². The van der Waals surface area contributed by atoms with Crippen molar-refractivity contribution in [3.8, 4) is 11.5 Å². The topological polar surface area (TPSA) is 84.9 Å². The van der Waals surface area contributed by atoms with Gasteiger partial charge < -0.3 is 19.9 Å². The summed E-state index contributed by atoms with van der Waals surface area (Å²) in [6.45, 7) is 1.74. The average Bonchev–Trinajstić information content (AvgIpc) is 2.74. The number of carboxylic acid groups (broad SMARTS) is 1. The summed E-state index contributed by atoms with van der Waals surface area (Å²) in [6, 6.07) is 15.5. The molecule has 0 heterocycles. The smallest absolute Gasteiger partial charge is 0.341 e. The first-order chi connectivity index (χ1) is 14.1. The molecule has 1 fully saturated rings. The first-order valence-corrected chi connectivity index (χ1v) is 10.0. The van der Waals surface area contributed by atoms with E-state index in [1.807, 2.05) is 13.0 Å². The lowest BCUT2D eigenvalue weighted by Crippen LogP contribution is -2.37. The third-order valence-corrected chi connectivity index (χ3v) is 5.19. The zero-order chi connectivity index (χ0) is 20.6. The maximum Gasteiger partial charge on any atom is 0.341 e. The van der Waals surface area contributed by atoms with E-state index in [0.717, 1.165) is 25.7 Å². The normalized spacial score (nSPS) is 18.7. The van der Waals surface area contributed by atoms with Crippen LogP contribution in [0.5, 0.6) is 11.5 Å². The molecule has 0 unspecified atom stereocenters. The number of hydrogen-bond acceptors (Lipinski definition) is 4. The zero-order valence-corrected chi connectivity index (χ0v) is 16.6. The van der Waals surface area contributed by atoms with E-state index in [9.17, 15) is 9.59 Å². The molecule has 3 rings (SSSR count). The summed E-state index contributed by atoms with van der Waals surface area (Å²) in [6.07, 6.45) is 4.01. The van der Waals surface area contributed by atoms with Crippen molar-refractivity contribution in [2.75, 3.05) is 13.2 Å². The minimum absolute atomic E-state index is 0.154. The van der Waals surface area contributed by atoms with E-state index >= 15 is 0 Å². The van der Waals surface area contributed by atoms with Gasteiger partial charge in [-0.15, -0.1) is 0 Å². The van der Waals surface area contributed by atoms with Crippen LogP contribution in [0.4, 0.5) is 0 Å².